The van der Waals surface area contributed by atoms with Gasteiger partial charge in [-0.05, 0) is 64.4 Å². The first kappa shape index (κ1) is 21.5. The Morgan fingerprint density at radius 3 is 2.28 bits per heavy atom. The molecule has 4 rings (SSSR count). The number of carbonyl (C=O) groups is 2. The third kappa shape index (κ3) is 5.28. The van der Waals surface area contributed by atoms with Crippen LogP contribution in [0.5, 0.6) is 5.75 Å². The molecule has 0 aromatic heterocycles. The van der Waals surface area contributed by atoms with Crippen LogP contribution in [0.3, 0.4) is 0 Å². The lowest BCUT2D eigenvalue weighted by molar-refractivity contribution is -0.120. The Morgan fingerprint density at radius 1 is 0.844 bits per heavy atom. The van der Waals surface area contributed by atoms with E-state index in [9.17, 15) is 9.59 Å². The number of ether oxygens (including phenoxy) is 1. The van der Waals surface area contributed by atoms with Gasteiger partial charge in [0, 0.05) is 4.47 Å². The van der Waals surface area contributed by atoms with E-state index >= 15 is 0 Å². The average Bonchev–Trinajstić information content (AvgIpc) is 2.83. The van der Waals surface area contributed by atoms with Crippen LogP contribution < -0.4 is 10.2 Å². The van der Waals surface area contributed by atoms with Crippen LogP contribution in [0.4, 0.5) is 0 Å². The van der Waals surface area contributed by atoms with Gasteiger partial charge in [-0.2, -0.15) is 5.10 Å². The van der Waals surface area contributed by atoms with Gasteiger partial charge >= 0.3 is 5.97 Å². The zero-order chi connectivity index (χ0) is 22.3. The normalized spacial score (nSPS) is 10.9. The first-order valence-corrected chi connectivity index (χ1v) is 10.7. The number of amides is 1. The van der Waals surface area contributed by atoms with E-state index in [1.165, 1.54) is 0 Å². The van der Waals surface area contributed by atoms with Crippen LogP contribution in [0.1, 0.15) is 21.5 Å². The van der Waals surface area contributed by atoms with E-state index in [-0.39, 0.29) is 12.3 Å². The maximum absolute atomic E-state index is 12.3. The molecule has 32 heavy (non-hydrogen) atoms. The quantitative estimate of drug-likeness (QED) is 0.169. The minimum Gasteiger partial charge on any atom is -0.423 e. The van der Waals surface area contributed by atoms with Crippen LogP contribution >= 0.6 is 15.9 Å². The molecule has 0 saturated carbocycles. The summed E-state index contributed by atoms with van der Waals surface area (Å²) in [7, 11) is 0. The van der Waals surface area contributed by atoms with Gasteiger partial charge in [-0.3, -0.25) is 4.79 Å². The van der Waals surface area contributed by atoms with Crippen LogP contribution in [0.2, 0.25) is 0 Å². The molecular formula is C26H19BrN2O3. The molecule has 4 aromatic carbocycles. The number of hydrogen-bond donors (Lipinski definition) is 1. The molecule has 1 N–H and O–H groups in total. The molecule has 0 fully saturated rings. The fourth-order valence-electron chi connectivity index (χ4n) is 3.23. The van der Waals surface area contributed by atoms with E-state index in [1.807, 2.05) is 42.5 Å². The molecule has 0 bridgehead atoms. The van der Waals surface area contributed by atoms with Crippen molar-refractivity contribution in [3.8, 4) is 5.75 Å². The first-order valence-electron chi connectivity index (χ1n) is 9.95. The van der Waals surface area contributed by atoms with Gasteiger partial charge in [-0.25, -0.2) is 10.2 Å². The van der Waals surface area contributed by atoms with Gasteiger partial charge in [0.2, 0.25) is 5.91 Å². The van der Waals surface area contributed by atoms with Crippen molar-refractivity contribution in [2.24, 2.45) is 5.10 Å². The second-order valence-electron chi connectivity index (χ2n) is 7.05. The van der Waals surface area contributed by atoms with Crippen molar-refractivity contribution in [3.63, 3.8) is 0 Å². The molecule has 0 radical (unpaired) electrons. The van der Waals surface area contributed by atoms with E-state index < -0.39 is 5.97 Å². The van der Waals surface area contributed by atoms with Crippen LogP contribution in [-0.4, -0.2) is 18.1 Å². The standard InChI is InChI=1S/C26H19BrN2O3/c27-24-15-12-20(22-8-4-5-9-23(22)24)16-25(30)29-28-17-18-10-13-21(14-11-18)32-26(31)19-6-2-1-3-7-19/h1-15,17H,16H2,(H,29,30)/b28-17+. The van der Waals surface area contributed by atoms with Gasteiger partial charge in [0.1, 0.15) is 5.75 Å². The third-order valence-electron chi connectivity index (χ3n) is 4.82. The molecule has 0 saturated heterocycles. The van der Waals surface area contributed by atoms with Gasteiger partial charge in [-0.1, -0.05) is 64.5 Å². The lowest BCUT2D eigenvalue weighted by atomic mass is 10.0. The molecule has 158 valence electrons. The Morgan fingerprint density at radius 2 is 1.53 bits per heavy atom. The molecule has 0 unspecified atom stereocenters. The minimum absolute atomic E-state index is 0.206. The van der Waals surface area contributed by atoms with Crippen LogP contribution in [0.15, 0.2) is 101 Å². The molecule has 4 aromatic rings. The summed E-state index contributed by atoms with van der Waals surface area (Å²) in [6, 6.07) is 27.5. The molecule has 0 aliphatic carbocycles. The molecule has 0 heterocycles. The molecule has 0 atom stereocenters. The molecule has 5 nitrogen and oxygen atoms in total. The molecule has 6 heteroatoms. The van der Waals surface area contributed by atoms with Gasteiger partial charge in [0.15, 0.2) is 0 Å². The molecule has 1 amide bonds. The number of carbonyl (C=O) groups excluding carboxylic acids is 2. The van der Waals surface area contributed by atoms with E-state index in [1.54, 1.807) is 54.7 Å². The van der Waals surface area contributed by atoms with Crippen molar-refractivity contribution >= 4 is 44.8 Å². The summed E-state index contributed by atoms with van der Waals surface area (Å²) in [5.41, 5.74) is 4.74. The summed E-state index contributed by atoms with van der Waals surface area (Å²) < 4.78 is 6.35. The highest BCUT2D eigenvalue weighted by molar-refractivity contribution is 9.10. The summed E-state index contributed by atoms with van der Waals surface area (Å²) in [4.78, 5) is 24.4. The number of fused-ring (bicyclic) bond motifs is 1. The second kappa shape index (κ2) is 10.0. The number of hydrazone groups is 1. The summed E-state index contributed by atoms with van der Waals surface area (Å²) in [5.74, 6) is -0.191. The largest absolute Gasteiger partial charge is 0.423 e. The Balaban J connectivity index is 1.34. The zero-order valence-corrected chi connectivity index (χ0v) is 18.6. The summed E-state index contributed by atoms with van der Waals surface area (Å²) in [5, 5.41) is 6.13. The van der Waals surface area contributed by atoms with Gasteiger partial charge in [-0.15, -0.1) is 0 Å². The fraction of sp³-hybridized carbons (Fsp3) is 0.0385. The highest BCUT2D eigenvalue weighted by Gasteiger charge is 2.09. The maximum Gasteiger partial charge on any atom is 0.343 e. The van der Waals surface area contributed by atoms with Crippen LogP contribution in [-0.2, 0) is 11.2 Å². The smallest absolute Gasteiger partial charge is 0.343 e. The van der Waals surface area contributed by atoms with Crippen molar-refractivity contribution in [3.05, 3.63) is 112 Å². The van der Waals surface area contributed by atoms with Gasteiger partial charge in [0.25, 0.3) is 0 Å². The summed E-state index contributed by atoms with van der Waals surface area (Å²) in [6.45, 7) is 0. The SMILES string of the molecule is O=C(Cc1ccc(Br)c2ccccc12)N/N=C/c1ccc(OC(=O)c2ccccc2)cc1. The lowest BCUT2D eigenvalue weighted by Crippen LogP contribution is -2.19. The Hall–Kier alpha value is -3.77. The highest BCUT2D eigenvalue weighted by Crippen LogP contribution is 2.27. The number of hydrogen-bond acceptors (Lipinski definition) is 4. The number of nitrogens with one attached hydrogen (secondary N) is 1. The van der Waals surface area contributed by atoms with Crippen molar-refractivity contribution in [2.45, 2.75) is 6.42 Å². The van der Waals surface area contributed by atoms with Crippen LogP contribution in [0, 0.1) is 0 Å². The predicted octanol–water partition coefficient (Wildman–Crippen LogP) is 5.51. The van der Waals surface area contributed by atoms with Crippen LogP contribution in [0.25, 0.3) is 10.8 Å². The monoisotopic (exact) mass is 486 g/mol. The predicted molar refractivity (Wildman–Crippen MR) is 129 cm³/mol. The zero-order valence-electron chi connectivity index (χ0n) is 17.0. The summed E-state index contributed by atoms with van der Waals surface area (Å²) >= 11 is 3.54. The number of rotatable bonds is 6. The first-order chi connectivity index (χ1) is 15.6. The number of benzene rings is 4. The Kier molecular flexibility index (Phi) is 6.72. The van der Waals surface area contributed by atoms with E-state index in [0.717, 1.165) is 26.4 Å². The average molecular weight is 487 g/mol. The summed E-state index contributed by atoms with van der Waals surface area (Å²) in [6.07, 6.45) is 1.76. The van der Waals surface area contributed by atoms with Crippen molar-refractivity contribution in [2.75, 3.05) is 0 Å². The van der Waals surface area contributed by atoms with E-state index in [0.29, 0.717) is 11.3 Å². The molecule has 0 spiro atoms. The number of halogens is 1. The van der Waals surface area contributed by atoms with E-state index in [4.69, 9.17) is 4.74 Å². The van der Waals surface area contributed by atoms with Crippen molar-refractivity contribution in [1.29, 1.82) is 0 Å². The molecule has 0 aliphatic rings. The Labute approximate surface area is 193 Å². The molecule has 0 aliphatic heterocycles. The van der Waals surface area contributed by atoms with Crippen molar-refractivity contribution < 1.29 is 14.3 Å². The topological polar surface area (TPSA) is 67.8 Å². The lowest BCUT2D eigenvalue weighted by Gasteiger charge is -2.07. The van der Waals surface area contributed by atoms with Crippen molar-refractivity contribution in [1.82, 2.24) is 5.43 Å². The Bertz CT molecular complexity index is 1290. The fourth-order valence-corrected chi connectivity index (χ4v) is 3.71. The van der Waals surface area contributed by atoms with Gasteiger partial charge < -0.3 is 4.74 Å². The minimum atomic E-state index is -0.417. The van der Waals surface area contributed by atoms with Gasteiger partial charge in [0.05, 0.1) is 18.2 Å². The number of nitrogens with zero attached hydrogens (tertiary/aromatic N) is 1. The van der Waals surface area contributed by atoms with E-state index in [2.05, 4.69) is 26.5 Å². The third-order valence-corrected chi connectivity index (χ3v) is 5.51. The second-order valence-corrected chi connectivity index (χ2v) is 7.90. The highest BCUT2D eigenvalue weighted by atomic mass is 79.9. The molecular weight excluding hydrogens is 468 g/mol. The number of esters is 1. The maximum atomic E-state index is 12.3.